The third kappa shape index (κ3) is 4.01. The maximum atomic E-state index is 12.2. The van der Waals surface area contributed by atoms with Gasteiger partial charge in [0.1, 0.15) is 5.56 Å². The van der Waals surface area contributed by atoms with Crippen molar-refractivity contribution in [2.24, 2.45) is 5.73 Å². The van der Waals surface area contributed by atoms with E-state index in [4.69, 9.17) is 17.3 Å². The average Bonchev–Trinajstić information content (AvgIpc) is 3.01. The summed E-state index contributed by atoms with van der Waals surface area (Å²) in [6.07, 6.45) is 3.60. The van der Waals surface area contributed by atoms with Crippen LogP contribution in [-0.2, 0) is 4.79 Å². The second-order valence-electron chi connectivity index (χ2n) is 5.81. The van der Waals surface area contributed by atoms with Crippen LogP contribution in [0.1, 0.15) is 36.0 Å². The Morgan fingerprint density at radius 3 is 2.58 bits per heavy atom. The molecular formula is C15H19ClN4O4. The summed E-state index contributed by atoms with van der Waals surface area (Å²) in [6.45, 7) is 0.0334. The minimum absolute atomic E-state index is 0.0451. The van der Waals surface area contributed by atoms with Crippen LogP contribution in [0.15, 0.2) is 18.2 Å². The van der Waals surface area contributed by atoms with Gasteiger partial charge in [0.2, 0.25) is 5.91 Å². The fourth-order valence-corrected chi connectivity index (χ4v) is 3.17. The zero-order chi connectivity index (χ0) is 17.7. The van der Waals surface area contributed by atoms with Gasteiger partial charge in [-0.3, -0.25) is 19.7 Å². The maximum Gasteiger partial charge on any atom is 0.283 e. The number of nitrogens with two attached hydrogens (primary N) is 1. The van der Waals surface area contributed by atoms with Crippen molar-refractivity contribution in [3.05, 3.63) is 38.9 Å². The van der Waals surface area contributed by atoms with Crippen LogP contribution in [-0.4, -0.2) is 35.4 Å². The predicted molar refractivity (Wildman–Crippen MR) is 88.8 cm³/mol. The molecule has 0 aliphatic heterocycles. The van der Waals surface area contributed by atoms with E-state index in [0.717, 1.165) is 25.7 Å². The van der Waals surface area contributed by atoms with Crippen LogP contribution in [0.4, 0.5) is 5.69 Å². The highest BCUT2D eigenvalue weighted by Gasteiger charge is 2.34. The number of nitro benzene ring substituents is 1. The molecule has 8 nitrogen and oxygen atoms in total. The number of amides is 2. The van der Waals surface area contributed by atoms with E-state index in [1.165, 1.54) is 18.2 Å². The first-order chi connectivity index (χ1) is 11.4. The molecule has 1 aliphatic carbocycles. The van der Waals surface area contributed by atoms with Crippen molar-refractivity contribution in [1.82, 2.24) is 10.6 Å². The molecular weight excluding hydrogens is 336 g/mol. The minimum Gasteiger partial charge on any atom is -0.348 e. The molecule has 1 aromatic carbocycles. The van der Waals surface area contributed by atoms with Gasteiger partial charge in [0.15, 0.2) is 0 Å². The van der Waals surface area contributed by atoms with E-state index >= 15 is 0 Å². The molecule has 24 heavy (non-hydrogen) atoms. The molecule has 0 saturated heterocycles. The molecule has 0 bridgehead atoms. The maximum absolute atomic E-state index is 12.2. The number of nitro groups is 1. The summed E-state index contributed by atoms with van der Waals surface area (Å²) in [5.41, 5.74) is 4.66. The number of carbonyl (C=O) groups excluding carboxylic acids is 2. The second-order valence-corrected chi connectivity index (χ2v) is 6.22. The predicted octanol–water partition coefficient (Wildman–Crippen LogP) is 1.37. The molecule has 1 fully saturated rings. The molecule has 2 rings (SSSR count). The van der Waals surface area contributed by atoms with E-state index in [2.05, 4.69) is 10.6 Å². The van der Waals surface area contributed by atoms with Crippen LogP contribution in [0.5, 0.6) is 0 Å². The fourth-order valence-electron chi connectivity index (χ4n) is 2.91. The molecule has 130 valence electrons. The standard InChI is InChI=1S/C15H19ClN4O4/c16-10-4-3-5-11(20(23)24)13(10)14(22)18-8-12(21)19-15(9-17)6-1-2-7-15/h3-5H,1-2,6-9,17H2,(H,18,22)(H,19,21). The summed E-state index contributed by atoms with van der Waals surface area (Å²) < 4.78 is 0. The Bertz CT molecular complexity index is 659. The molecule has 0 aromatic heterocycles. The van der Waals surface area contributed by atoms with Gasteiger partial charge in [-0.05, 0) is 18.9 Å². The molecule has 0 atom stereocenters. The zero-order valence-electron chi connectivity index (χ0n) is 13.0. The molecule has 2 amide bonds. The molecule has 0 spiro atoms. The lowest BCUT2D eigenvalue weighted by atomic mass is 9.98. The first-order valence-electron chi connectivity index (χ1n) is 7.61. The van der Waals surface area contributed by atoms with E-state index in [-0.39, 0.29) is 23.0 Å². The highest BCUT2D eigenvalue weighted by Crippen LogP contribution is 2.28. The van der Waals surface area contributed by atoms with E-state index in [1.807, 2.05) is 0 Å². The third-order valence-electron chi connectivity index (χ3n) is 4.18. The Morgan fingerprint density at radius 2 is 2.00 bits per heavy atom. The number of carbonyl (C=O) groups is 2. The molecule has 9 heteroatoms. The Hall–Kier alpha value is -2.19. The van der Waals surface area contributed by atoms with E-state index in [0.29, 0.717) is 6.54 Å². The van der Waals surface area contributed by atoms with E-state index in [9.17, 15) is 19.7 Å². The largest absolute Gasteiger partial charge is 0.348 e. The smallest absolute Gasteiger partial charge is 0.283 e. The molecule has 0 radical (unpaired) electrons. The van der Waals surface area contributed by atoms with Crippen molar-refractivity contribution in [3.63, 3.8) is 0 Å². The Kier molecular flexibility index (Phi) is 5.74. The van der Waals surface area contributed by atoms with Crippen LogP contribution >= 0.6 is 11.6 Å². The summed E-state index contributed by atoms with van der Waals surface area (Å²) in [5.74, 6) is -1.15. The van der Waals surface area contributed by atoms with Gasteiger partial charge in [0.25, 0.3) is 11.6 Å². The number of nitrogens with one attached hydrogen (secondary N) is 2. The lowest BCUT2D eigenvalue weighted by Crippen LogP contribution is -2.54. The van der Waals surface area contributed by atoms with E-state index < -0.39 is 22.1 Å². The SMILES string of the molecule is NCC1(NC(=O)CNC(=O)c2c(Cl)cccc2[N+](=O)[O-])CCCC1. The number of benzene rings is 1. The van der Waals surface area contributed by atoms with Crippen LogP contribution in [0.25, 0.3) is 0 Å². The van der Waals surface area contributed by atoms with Gasteiger partial charge in [0, 0.05) is 12.6 Å². The number of nitrogens with zero attached hydrogens (tertiary/aromatic N) is 1. The summed E-state index contributed by atoms with van der Waals surface area (Å²) in [6, 6.07) is 3.95. The van der Waals surface area contributed by atoms with Gasteiger partial charge >= 0.3 is 0 Å². The van der Waals surface area contributed by atoms with Crippen molar-refractivity contribution in [2.45, 2.75) is 31.2 Å². The van der Waals surface area contributed by atoms with Gasteiger partial charge in [-0.15, -0.1) is 0 Å². The second kappa shape index (κ2) is 7.59. The van der Waals surface area contributed by atoms with Gasteiger partial charge in [-0.1, -0.05) is 30.5 Å². The Morgan fingerprint density at radius 1 is 1.33 bits per heavy atom. The number of rotatable bonds is 6. The van der Waals surface area contributed by atoms with E-state index in [1.54, 1.807) is 0 Å². The highest BCUT2D eigenvalue weighted by molar-refractivity contribution is 6.34. The molecule has 1 saturated carbocycles. The summed E-state index contributed by atoms with van der Waals surface area (Å²) in [5, 5.41) is 16.2. The van der Waals surface area contributed by atoms with Crippen LogP contribution in [0.3, 0.4) is 0 Å². The summed E-state index contributed by atoms with van der Waals surface area (Å²) in [7, 11) is 0. The topological polar surface area (TPSA) is 127 Å². The molecule has 1 aliphatic rings. The molecule has 4 N–H and O–H groups in total. The zero-order valence-corrected chi connectivity index (χ0v) is 13.8. The van der Waals surface area contributed by atoms with Gasteiger partial charge in [0.05, 0.1) is 22.0 Å². The van der Waals surface area contributed by atoms with Gasteiger partial charge in [-0.25, -0.2) is 0 Å². The van der Waals surface area contributed by atoms with Crippen LogP contribution < -0.4 is 16.4 Å². The monoisotopic (exact) mass is 354 g/mol. The average molecular weight is 355 g/mol. The Labute approximate surface area is 143 Å². The Balaban J connectivity index is 2.01. The highest BCUT2D eigenvalue weighted by atomic mass is 35.5. The number of hydrogen-bond acceptors (Lipinski definition) is 5. The van der Waals surface area contributed by atoms with Crippen molar-refractivity contribution in [3.8, 4) is 0 Å². The fraction of sp³-hybridized carbons (Fsp3) is 0.467. The van der Waals surface area contributed by atoms with Gasteiger partial charge in [-0.2, -0.15) is 0 Å². The third-order valence-corrected chi connectivity index (χ3v) is 4.50. The quantitative estimate of drug-likeness (QED) is 0.525. The lowest BCUT2D eigenvalue weighted by Gasteiger charge is -2.28. The first-order valence-corrected chi connectivity index (χ1v) is 7.98. The molecule has 0 unspecified atom stereocenters. The first kappa shape index (κ1) is 18.2. The van der Waals surface area contributed by atoms with Crippen molar-refractivity contribution in [1.29, 1.82) is 0 Å². The minimum atomic E-state index is -0.768. The molecule has 1 aromatic rings. The van der Waals surface area contributed by atoms with Crippen molar-refractivity contribution >= 4 is 29.1 Å². The number of hydrogen-bond donors (Lipinski definition) is 3. The normalized spacial score (nSPS) is 15.8. The van der Waals surface area contributed by atoms with Gasteiger partial charge < -0.3 is 16.4 Å². The van der Waals surface area contributed by atoms with Crippen LogP contribution in [0, 0.1) is 10.1 Å². The van der Waals surface area contributed by atoms with Crippen molar-refractivity contribution in [2.75, 3.05) is 13.1 Å². The van der Waals surface area contributed by atoms with Crippen LogP contribution in [0.2, 0.25) is 5.02 Å². The molecule has 0 heterocycles. The summed E-state index contributed by atoms with van der Waals surface area (Å²) in [4.78, 5) is 34.5. The lowest BCUT2D eigenvalue weighted by molar-refractivity contribution is -0.385. The number of halogens is 1. The summed E-state index contributed by atoms with van der Waals surface area (Å²) >= 11 is 5.88. The van der Waals surface area contributed by atoms with Crippen molar-refractivity contribution < 1.29 is 14.5 Å².